The smallest absolute Gasteiger partial charge is 0.322 e. The third-order valence-electron chi connectivity index (χ3n) is 7.20. The molecule has 1 saturated heterocycles. The summed E-state index contributed by atoms with van der Waals surface area (Å²) >= 11 is 12.0. The van der Waals surface area contributed by atoms with Crippen LogP contribution in [0.25, 0.3) is 0 Å². The number of hydrogen-bond donors (Lipinski definition) is 3. The molecule has 2 aromatic carbocycles. The fourth-order valence-electron chi connectivity index (χ4n) is 5.69. The first-order chi connectivity index (χ1) is 16.2. The van der Waals surface area contributed by atoms with Crippen LogP contribution in [-0.4, -0.2) is 29.9 Å². The second-order valence-electron chi connectivity index (χ2n) is 9.11. The van der Waals surface area contributed by atoms with E-state index in [2.05, 4.69) is 16.0 Å². The van der Waals surface area contributed by atoms with Gasteiger partial charge >= 0.3 is 6.05 Å². The summed E-state index contributed by atoms with van der Waals surface area (Å²) in [5.41, 5.74) is -2.79. The monoisotopic (exact) mass is 511 g/mol. The van der Waals surface area contributed by atoms with E-state index in [1.807, 2.05) is 0 Å². The zero-order valence-corrected chi connectivity index (χ0v) is 19.4. The first kappa shape index (κ1) is 23.5. The van der Waals surface area contributed by atoms with Gasteiger partial charge in [-0.3, -0.25) is 9.59 Å². The van der Waals surface area contributed by atoms with Crippen LogP contribution in [0.1, 0.15) is 49.1 Å². The average Bonchev–Trinajstić information content (AvgIpc) is 3.22. The Morgan fingerprint density at radius 2 is 1.82 bits per heavy atom. The van der Waals surface area contributed by atoms with Gasteiger partial charge in [-0.1, -0.05) is 60.7 Å². The highest BCUT2D eigenvalue weighted by molar-refractivity contribution is 6.31. The number of carbonyl (C=O) groups is 2. The number of halogens is 5. The van der Waals surface area contributed by atoms with Crippen LogP contribution in [0, 0.1) is 5.82 Å². The van der Waals surface area contributed by atoms with E-state index in [4.69, 9.17) is 23.2 Å². The molecule has 3 aliphatic rings. The molecule has 1 saturated carbocycles. The Bertz CT molecular complexity index is 1170. The molecule has 2 amide bonds. The SMILES string of the molecule is O=C(NC1CCCCC1)C1NC(F)(F)C2(C(=O)Nc3cc(Cl)ccc32)C1c1cccc(Cl)c1F. The zero-order chi connectivity index (χ0) is 24.3. The minimum absolute atomic E-state index is 0.0586. The second-order valence-corrected chi connectivity index (χ2v) is 9.96. The van der Waals surface area contributed by atoms with E-state index in [9.17, 15) is 9.59 Å². The van der Waals surface area contributed by atoms with E-state index in [1.165, 1.54) is 36.4 Å². The molecule has 2 aromatic rings. The molecule has 5 rings (SSSR count). The largest absolute Gasteiger partial charge is 0.352 e. The number of nitrogens with one attached hydrogen (secondary N) is 3. The van der Waals surface area contributed by atoms with Gasteiger partial charge in [0.25, 0.3) is 0 Å². The van der Waals surface area contributed by atoms with Crippen LogP contribution in [0.15, 0.2) is 36.4 Å². The van der Waals surface area contributed by atoms with E-state index in [-0.39, 0.29) is 32.9 Å². The topological polar surface area (TPSA) is 70.2 Å². The molecule has 0 aromatic heterocycles. The minimum Gasteiger partial charge on any atom is -0.352 e. The van der Waals surface area contributed by atoms with Crippen molar-refractivity contribution in [2.75, 3.05) is 5.32 Å². The summed E-state index contributed by atoms with van der Waals surface area (Å²) < 4.78 is 47.2. The Hall–Kier alpha value is -2.29. The van der Waals surface area contributed by atoms with Gasteiger partial charge in [0.15, 0.2) is 5.41 Å². The summed E-state index contributed by atoms with van der Waals surface area (Å²) in [5.74, 6) is -4.27. The summed E-state index contributed by atoms with van der Waals surface area (Å²) in [6.45, 7) is 0. The number of anilines is 1. The lowest BCUT2D eigenvalue weighted by Crippen LogP contribution is -2.53. The van der Waals surface area contributed by atoms with Crippen molar-refractivity contribution in [1.82, 2.24) is 10.6 Å². The Labute approximate surface area is 204 Å². The molecule has 0 bridgehead atoms. The van der Waals surface area contributed by atoms with E-state index in [0.29, 0.717) is 0 Å². The molecule has 180 valence electrons. The van der Waals surface area contributed by atoms with Gasteiger partial charge in [-0.05, 0) is 42.2 Å². The number of amides is 2. The van der Waals surface area contributed by atoms with Crippen LogP contribution in [0.5, 0.6) is 0 Å². The van der Waals surface area contributed by atoms with Crippen molar-refractivity contribution in [2.45, 2.75) is 61.6 Å². The minimum atomic E-state index is -3.88. The highest BCUT2D eigenvalue weighted by Crippen LogP contribution is 2.60. The Balaban J connectivity index is 1.68. The molecule has 1 aliphatic carbocycles. The molecular weight excluding hydrogens is 490 g/mol. The van der Waals surface area contributed by atoms with Gasteiger partial charge in [0.05, 0.1) is 11.1 Å². The lowest BCUT2D eigenvalue weighted by Gasteiger charge is -2.34. The Kier molecular flexibility index (Phi) is 5.81. The molecule has 1 spiro atoms. The summed E-state index contributed by atoms with van der Waals surface area (Å²) in [4.78, 5) is 26.7. The number of carbonyl (C=O) groups excluding carboxylic acids is 2. The van der Waals surface area contributed by atoms with Crippen molar-refractivity contribution in [3.05, 3.63) is 63.4 Å². The normalized spacial score (nSPS) is 28.1. The van der Waals surface area contributed by atoms with Crippen LogP contribution in [-0.2, 0) is 15.0 Å². The second kappa shape index (κ2) is 8.43. The fraction of sp³-hybridized carbons (Fsp3) is 0.417. The quantitative estimate of drug-likeness (QED) is 0.501. The van der Waals surface area contributed by atoms with Crippen molar-refractivity contribution < 1.29 is 22.8 Å². The summed E-state index contributed by atoms with van der Waals surface area (Å²) in [7, 11) is 0. The molecule has 5 nitrogen and oxygen atoms in total. The number of alkyl halides is 2. The fourth-order valence-corrected chi connectivity index (χ4v) is 6.05. The lowest BCUT2D eigenvalue weighted by atomic mass is 9.66. The molecule has 2 heterocycles. The molecule has 2 fully saturated rings. The summed E-state index contributed by atoms with van der Waals surface area (Å²) in [5, 5.41) is 7.35. The first-order valence-electron chi connectivity index (χ1n) is 11.2. The Morgan fingerprint density at radius 1 is 1.09 bits per heavy atom. The van der Waals surface area contributed by atoms with Crippen molar-refractivity contribution in [2.24, 2.45) is 0 Å². The average molecular weight is 512 g/mol. The van der Waals surface area contributed by atoms with Gasteiger partial charge in [0.1, 0.15) is 5.82 Å². The van der Waals surface area contributed by atoms with Gasteiger partial charge in [0, 0.05) is 22.7 Å². The van der Waals surface area contributed by atoms with Crippen LogP contribution in [0.3, 0.4) is 0 Å². The predicted molar refractivity (Wildman–Crippen MR) is 123 cm³/mol. The maximum absolute atomic E-state index is 16.0. The van der Waals surface area contributed by atoms with Gasteiger partial charge < -0.3 is 10.6 Å². The molecule has 10 heteroatoms. The molecule has 3 N–H and O–H groups in total. The maximum Gasteiger partial charge on any atom is 0.322 e. The highest BCUT2D eigenvalue weighted by Gasteiger charge is 2.75. The molecule has 0 radical (unpaired) electrons. The van der Waals surface area contributed by atoms with Gasteiger partial charge in [-0.15, -0.1) is 0 Å². The van der Waals surface area contributed by atoms with Crippen molar-refractivity contribution in [1.29, 1.82) is 0 Å². The molecule has 34 heavy (non-hydrogen) atoms. The van der Waals surface area contributed by atoms with E-state index in [0.717, 1.165) is 32.1 Å². The summed E-state index contributed by atoms with van der Waals surface area (Å²) in [6, 6.07) is 2.42. The van der Waals surface area contributed by atoms with Crippen LogP contribution < -0.4 is 16.0 Å². The van der Waals surface area contributed by atoms with E-state index >= 15 is 13.2 Å². The molecule has 2 aliphatic heterocycles. The van der Waals surface area contributed by atoms with Crippen molar-refractivity contribution in [3.63, 3.8) is 0 Å². The number of benzene rings is 2. The first-order valence-corrected chi connectivity index (χ1v) is 11.9. The van der Waals surface area contributed by atoms with Gasteiger partial charge in [0.2, 0.25) is 11.8 Å². The van der Waals surface area contributed by atoms with Crippen LogP contribution >= 0.6 is 23.2 Å². The number of hydrogen-bond acceptors (Lipinski definition) is 3. The van der Waals surface area contributed by atoms with Crippen molar-refractivity contribution in [3.8, 4) is 0 Å². The molecule has 3 unspecified atom stereocenters. The van der Waals surface area contributed by atoms with Gasteiger partial charge in [-0.2, -0.15) is 8.78 Å². The third-order valence-corrected chi connectivity index (χ3v) is 7.72. The van der Waals surface area contributed by atoms with Crippen molar-refractivity contribution >= 4 is 40.7 Å². The third kappa shape index (κ3) is 3.41. The maximum atomic E-state index is 16.0. The number of rotatable bonds is 3. The number of fused-ring (bicyclic) bond motifs is 2. The standard InChI is InChI=1S/C24H22Cl2F3N3O2/c25-12-9-10-15-17(11-12)31-22(34)23(15)18(14-7-4-8-16(26)19(14)27)20(32-24(23,28)29)21(33)30-13-5-2-1-3-6-13/h4,7-11,13,18,20,32H,1-3,5-6H2,(H,30,33)(H,31,34). The van der Waals surface area contributed by atoms with Crippen LogP contribution in [0.4, 0.5) is 18.9 Å². The predicted octanol–water partition coefficient (Wildman–Crippen LogP) is 5.12. The Morgan fingerprint density at radius 3 is 2.56 bits per heavy atom. The highest BCUT2D eigenvalue weighted by atomic mass is 35.5. The molecule has 3 atom stereocenters. The molecular formula is C24H22Cl2F3N3O2. The lowest BCUT2D eigenvalue weighted by molar-refractivity contribution is -0.139. The zero-order valence-electron chi connectivity index (χ0n) is 17.9. The van der Waals surface area contributed by atoms with Gasteiger partial charge in [-0.25, -0.2) is 9.71 Å². The van der Waals surface area contributed by atoms with E-state index in [1.54, 1.807) is 0 Å². The van der Waals surface area contributed by atoms with Crippen LogP contribution in [0.2, 0.25) is 10.0 Å². The van der Waals surface area contributed by atoms with E-state index < -0.39 is 41.1 Å². The summed E-state index contributed by atoms with van der Waals surface area (Å²) in [6.07, 6.45) is 4.36.